The van der Waals surface area contributed by atoms with E-state index in [1.807, 2.05) is 6.07 Å². The molecule has 1 aliphatic rings. The van der Waals surface area contributed by atoms with Gasteiger partial charge in [0.15, 0.2) is 0 Å². The molecular weight excluding hydrogens is 244 g/mol. The largest absolute Gasteiger partial charge is 0.379 e. The summed E-state index contributed by atoms with van der Waals surface area (Å²) >= 11 is 0. The second-order valence-electron chi connectivity index (χ2n) is 4.28. The van der Waals surface area contributed by atoms with Gasteiger partial charge in [-0.05, 0) is 6.07 Å². The van der Waals surface area contributed by atoms with Gasteiger partial charge in [0, 0.05) is 38.6 Å². The Morgan fingerprint density at radius 1 is 1.47 bits per heavy atom. The number of aromatic nitrogens is 1. The molecule has 0 bridgehead atoms. The van der Waals surface area contributed by atoms with E-state index in [-0.39, 0.29) is 5.91 Å². The lowest BCUT2D eigenvalue weighted by molar-refractivity contribution is 0.0383. The summed E-state index contributed by atoms with van der Waals surface area (Å²) in [5.41, 5.74) is 0.807. The number of amides is 1. The Hall–Kier alpha value is -1.97. The Balaban J connectivity index is 1.79. The third-order valence-corrected chi connectivity index (χ3v) is 2.95. The molecule has 1 fully saturated rings. The van der Waals surface area contributed by atoms with Crippen molar-refractivity contribution in [2.75, 3.05) is 39.4 Å². The van der Waals surface area contributed by atoms with Crippen LogP contribution in [0.4, 0.5) is 0 Å². The van der Waals surface area contributed by atoms with E-state index < -0.39 is 0 Å². The maximum absolute atomic E-state index is 11.9. The van der Waals surface area contributed by atoms with Crippen LogP contribution < -0.4 is 5.32 Å². The molecule has 0 unspecified atom stereocenters. The van der Waals surface area contributed by atoms with Crippen LogP contribution in [-0.4, -0.2) is 55.2 Å². The number of hydrogen-bond acceptors (Lipinski definition) is 5. The quantitative estimate of drug-likeness (QED) is 0.825. The highest BCUT2D eigenvalue weighted by Gasteiger charge is 2.11. The number of morpholine rings is 1. The van der Waals surface area contributed by atoms with Gasteiger partial charge in [0.1, 0.15) is 6.07 Å². The summed E-state index contributed by atoms with van der Waals surface area (Å²) in [6.07, 6.45) is 2.90. The molecule has 100 valence electrons. The lowest BCUT2D eigenvalue weighted by Gasteiger charge is -2.26. The fourth-order valence-corrected chi connectivity index (χ4v) is 1.88. The molecule has 1 amide bonds. The Kier molecular flexibility index (Phi) is 4.84. The molecule has 0 atom stereocenters. The predicted octanol–water partition coefficient (Wildman–Crippen LogP) is 0.0153. The molecule has 0 radical (unpaired) electrons. The Labute approximate surface area is 112 Å². The molecule has 0 spiro atoms. The van der Waals surface area contributed by atoms with Crippen LogP contribution in [0.1, 0.15) is 15.9 Å². The van der Waals surface area contributed by atoms with Crippen LogP contribution in [0, 0.1) is 11.3 Å². The van der Waals surface area contributed by atoms with Crippen molar-refractivity contribution >= 4 is 5.91 Å². The van der Waals surface area contributed by atoms with Crippen molar-refractivity contribution in [3.8, 4) is 6.07 Å². The highest BCUT2D eigenvalue weighted by Crippen LogP contribution is 2.01. The number of nitrogens with one attached hydrogen (secondary N) is 1. The monoisotopic (exact) mass is 260 g/mol. The SMILES string of the molecule is N#Cc1cncc(C(=O)NCCN2CCOCC2)c1. The van der Waals surface area contributed by atoms with Crippen LogP contribution in [0.2, 0.25) is 0 Å². The molecule has 0 aromatic carbocycles. The van der Waals surface area contributed by atoms with Gasteiger partial charge in [-0.2, -0.15) is 5.26 Å². The summed E-state index contributed by atoms with van der Waals surface area (Å²) < 4.78 is 5.25. The van der Waals surface area contributed by atoms with Gasteiger partial charge < -0.3 is 10.1 Å². The van der Waals surface area contributed by atoms with E-state index in [1.54, 1.807) is 0 Å². The van der Waals surface area contributed by atoms with Crippen LogP contribution in [0.25, 0.3) is 0 Å². The van der Waals surface area contributed by atoms with Gasteiger partial charge in [-0.15, -0.1) is 0 Å². The van der Waals surface area contributed by atoms with Crippen LogP contribution in [-0.2, 0) is 4.74 Å². The Morgan fingerprint density at radius 3 is 3.00 bits per heavy atom. The highest BCUT2D eigenvalue weighted by atomic mass is 16.5. The number of ether oxygens (including phenoxy) is 1. The fourth-order valence-electron chi connectivity index (χ4n) is 1.88. The summed E-state index contributed by atoms with van der Waals surface area (Å²) in [5.74, 6) is -0.196. The first-order chi connectivity index (χ1) is 9.29. The van der Waals surface area contributed by atoms with E-state index in [2.05, 4.69) is 15.2 Å². The highest BCUT2D eigenvalue weighted by molar-refractivity contribution is 5.94. The first-order valence-electron chi connectivity index (χ1n) is 6.23. The number of carbonyl (C=O) groups excluding carboxylic acids is 1. The topological polar surface area (TPSA) is 78.2 Å². The van der Waals surface area contributed by atoms with E-state index in [9.17, 15) is 4.79 Å². The van der Waals surface area contributed by atoms with Crippen LogP contribution in [0.5, 0.6) is 0 Å². The smallest absolute Gasteiger partial charge is 0.252 e. The molecule has 1 N–H and O–H groups in total. The third kappa shape index (κ3) is 4.02. The molecule has 1 aromatic rings. The first kappa shape index (κ1) is 13.5. The van der Waals surface area contributed by atoms with E-state index in [4.69, 9.17) is 10.00 Å². The van der Waals surface area contributed by atoms with Crippen molar-refractivity contribution in [2.24, 2.45) is 0 Å². The molecule has 2 heterocycles. The van der Waals surface area contributed by atoms with E-state index in [0.29, 0.717) is 17.7 Å². The van der Waals surface area contributed by atoms with Crippen molar-refractivity contribution in [1.29, 1.82) is 5.26 Å². The predicted molar refractivity (Wildman–Crippen MR) is 68.5 cm³/mol. The van der Waals surface area contributed by atoms with Crippen LogP contribution >= 0.6 is 0 Å². The van der Waals surface area contributed by atoms with Gasteiger partial charge >= 0.3 is 0 Å². The van der Waals surface area contributed by atoms with Crippen LogP contribution in [0.15, 0.2) is 18.5 Å². The van der Waals surface area contributed by atoms with E-state index in [1.165, 1.54) is 18.5 Å². The summed E-state index contributed by atoms with van der Waals surface area (Å²) in [4.78, 5) is 18.0. The summed E-state index contributed by atoms with van der Waals surface area (Å²) in [5, 5.41) is 11.6. The average Bonchev–Trinajstić information content (AvgIpc) is 2.48. The standard InChI is InChI=1S/C13H16N4O2/c14-8-11-7-12(10-15-9-11)13(18)16-1-2-17-3-5-19-6-4-17/h7,9-10H,1-6H2,(H,16,18). The molecule has 2 rings (SSSR count). The van der Waals surface area contributed by atoms with Gasteiger partial charge in [0.2, 0.25) is 0 Å². The Bertz CT molecular complexity index is 478. The summed E-state index contributed by atoms with van der Waals surface area (Å²) in [6.45, 7) is 4.70. The maximum atomic E-state index is 11.9. The van der Waals surface area contributed by atoms with Gasteiger partial charge in [0.25, 0.3) is 5.91 Å². The van der Waals surface area contributed by atoms with Crippen molar-refractivity contribution in [2.45, 2.75) is 0 Å². The maximum Gasteiger partial charge on any atom is 0.252 e. The minimum Gasteiger partial charge on any atom is -0.379 e. The third-order valence-electron chi connectivity index (χ3n) is 2.95. The normalized spacial score (nSPS) is 15.7. The van der Waals surface area contributed by atoms with Crippen molar-refractivity contribution < 1.29 is 9.53 Å². The van der Waals surface area contributed by atoms with E-state index >= 15 is 0 Å². The lowest BCUT2D eigenvalue weighted by atomic mass is 10.2. The molecule has 6 nitrogen and oxygen atoms in total. The number of nitrogens with zero attached hydrogens (tertiary/aromatic N) is 3. The molecule has 1 saturated heterocycles. The number of rotatable bonds is 4. The van der Waals surface area contributed by atoms with Crippen molar-refractivity contribution in [3.05, 3.63) is 29.6 Å². The zero-order valence-corrected chi connectivity index (χ0v) is 10.6. The lowest BCUT2D eigenvalue weighted by Crippen LogP contribution is -2.41. The van der Waals surface area contributed by atoms with Gasteiger partial charge in [-0.25, -0.2) is 0 Å². The van der Waals surface area contributed by atoms with Crippen LogP contribution in [0.3, 0.4) is 0 Å². The van der Waals surface area contributed by atoms with Crippen molar-refractivity contribution in [1.82, 2.24) is 15.2 Å². The number of carbonyl (C=O) groups is 1. The second-order valence-corrected chi connectivity index (χ2v) is 4.28. The van der Waals surface area contributed by atoms with Crippen molar-refractivity contribution in [3.63, 3.8) is 0 Å². The molecule has 1 aromatic heterocycles. The number of hydrogen-bond donors (Lipinski definition) is 1. The minimum atomic E-state index is -0.196. The zero-order valence-electron chi connectivity index (χ0n) is 10.6. The summed E-state index contributed by atoms with van der Waals surface area (Å²) in [7, 11) is 0. The van der Waals surface area contributed by atoms with Gasteiger partial charge in [0.05, 0.1) is 24.3 Å². The molecule has 6 heteroatoms. The average molecular weight is 260 g/mol. The van der Waals surface area contributed by atoms with Gasteiger partial charge in [-0.1, -0.05) is 0 Å². The molecule has 19 heavy (non-hydrogen) atoms. The fraction of sp³-hybridized carbons (Fsp3) is 0.462. The molecule has 0 saturated carbocycles. The molecule has 1 aliphatic heterocycles. The number of pyridine rings is 1. The molecular formula is C13H16N4O2. The van der Waals surface area contributed by atoms with E-state index in [0.717, 1.165) is 32.8 Å². The Morgan fingerprint density at radius 2 is 2.26 bits per heavy atom. The summed E-state index contributed by atoms with van der Waals surface area (Å²) in [6, 6.07) is 3.50. The molecule has 0 aliphatic carbocycles. The number of nitriles is 1. The van der Waals surface area contributed by atoms with Gasteiger partial charge in [-0.3, -0.25) is 14.7 Å². The second kappa shape index (κ2) is 6.83. The first-order valence-corrected chi connectivity index (χ1v) is 6.23. The zero-order chi connectivity index (χ0) is 13.5. The minimum absolute atomic E-state index is 0.196.